The van der Waals surface area contributed by atoms with E-state index in [-0.39, 0.29) is 0 Å². The summed E-state index contributed by atoms with van der Waals surface area (Å²) >= 11 is 0. The van der Waals surface area contributed by atoms with Crippen LogP contribution in [-0.4, -0.2) is 27.1 Å². The minimum Gasteiger partial charge on any atom is -0.396 e. The normalized spacial score (nSPS) is 18.3. The molecule has 2 aliphatic heterocycles. The fourth-order valence-electron chi connectivity index (χ4n) is 3.29. The highest BCUT2D eigenvalue weighted by atomic mass is 19.2. The van der Waals surface area contributed by atoms with Gasteiger partial charge < -0.3 is 17.6 Å². The lowest BCUT2D eigenvalue weighted by molar-refractivity contribution is -0.356. The predicted molar refractivity (Wildman–Crippen MR) is 83.0 cm³/mol. The highest BCUT2D eigenvalue weighted by molar-refractivity contribution is 6.57. The number of rotatable bonds is 1. The van der Waals surface area contributed by atoms with Gasteiger partial charge in [0.2, 0.25) is 0 Å². The number of nitrogens with zero attached hydrogens (tertiary/aromatic N) is 3. The van der Waals surface area contributed by atoms with Crippen LogP contribution >= 0.6 is 0 Å². The zero-order valence-electron chi connectivity index (χ0n) is 12.3. The van der Waals surface area contributed by atoms with E-state index >= 15 is 0 Å². The van der Waals surface area contributed by atoms with Gasteiger partial charge in [-0.2, -0.15) is 0 Å². The third kappa shape index (κ3) is 1.67. The largest absolute Gasteiger partial charge is 0.737 e. The number of fused-ring (bicyclic) bond motifs is 2. The molecule has 2 aromatic rings. The van der Waals surface area contributed by atoms with E-state index in [4.69, 9.17) is 0 Å². The number of pyridine rings is 1. The van der Waals surface area contributed by atoms with Crippen LogP contribution in [0, 0.1) is 13.8 Å². The summed E-state index contributed by atoms with van der Waals surface area (Å²) in [5, 5.41) is 0. The molecule has 0 amide bonds. The third-order valence-corrected chi connectivity index (χ3v) is 4.11. The summed E-state index contributed by atoms with van der Waals surface area (Å²) in [6.45, 7) is -0.00753. The van der Waals surface area contributed by atoms with Crippen molar-refractivity contribution in [2.75, 3.05) is 0 Å². The van der Waals surface area contributed by atoms with Crippen molar-refractivity contribution >= 4 is 18.8 Å². The van der Waals surface area contributed by atoms with Gasteiger partial charge in [0.05, 0.1) is 5.57 Å². The van der Waals surface area contributed by atoms with E-state index in [0.29, 0.717) is 11.4 Å². The summed E-state index contributed by atoms with van der Waals surface area (Å²) in [6.07, 6.45) is 6.29. The Labute approximate surface area is 127 Å². The van der Waals surface area contributed by atoms with E-state index in [2.05, 4.69) is 4.98 Å². The maximum Gasteiger partial charge on any atom is 0.737 e. The molecule has 0 unspecified atom stereocenters. The van der Waals surface area contributed by atoms with Crippen molar-refractivity contribution < 1.29 is 13.1 Å². The summed E-state index contributed by atoms with van der Waals surface area (Å²) < 4.78 is 31.5. The molecule has 110 valence electrons. The Morgan fingerprint density at radius 1 is 1.18 bits per heavy atom. The van der Waals surface area contributed by atoms with E-state index < -0.39 is 6.97 Å². The van der Waals surface area contributed by atoms with Gasteiger partial charge in [-0.1, -0.05) is 0 Å². The van der Waals surface area contributed by atoms with Crippen molar-refractivity contribution in [1.29, 1.82) is 0 Å². The number of hydrogen-bond acceptors (Lipinski definition) is 1. The topological polar surface area (TPSA) is 20.8 Å². The molecule has 22 heavy (non-hydrogen) atoms. The van der Waals surface area contributed by atoms with Crippen LogP contribution in [0.4, 0.5) is 8.63 Å². The van der Waals surface area contributed by atoms with Crippen molar-refractivity contribution in [3.63, 3.8) is 0 Å². The van der Waals surface area contributed by atoms with E-state index in [1.807, 2.05) is 26.0 Å². The lowest BCUT2D eigenvalue weighted by Gasteiger charge is -2.31. The molecule has 0 bridgehead atoms. The molecule has 2 aromatic heterocycles. The number of hydrogen-bond donors (Lipinski definition) is 0. The molecule has 0 aliphatic carbocycles. The Bertz CT molecular complexity index is 870. The van der Waals surface area contributed by atoms with Crippen molar-refractivity contribution in [3.05, 3.63) is 71.0 Å². The minimum absolute atomic E-state index is 0.543. The SMILES string of the molecule is Cc1cc(C2=C3C=CC=[N+]3[B-](F)(F)n3cccc32)cc(C)n1. The van der Waals surface area contributed by atoms with E-state index in [1.165, 1.54) is 12.4 Å². The molecule has 3 nitrogen and oxygen atoms in total. The Kier molecular flexibility index (Phi) is 2.55. The van der Waals surface area contributed by atoms with E-state index in [9.17, 15) is 8.63 Å². The van der Waals surface area contributed by atoms with Crippen LogP contribution in [0.15, 0.2) is 48.3 Å². The molecule has 0 fully saturated rings. The van der Waals surface area contributed by atoms with Crippen molar-refractivity contribution in [3.8, 4) is 0 Å². The van der Waals surface area contributed by atoms with Gasteiger partial charge in [-0.25, -0.2) is 0 Å². The predicted octanol–water partition coefficient (Wildman–Crippen LogP) is 3.15. The Hall–Kier alpha value is -2.50. The van der Waals surface area contributed by atoms with Gasteiger partial charge in [0.15, 0.2) is 5.70 Å². The molecule has 0 spiro atoms. The first-order valence-electron chi connectivity index (χ1n) is 7.18. The number of allylic oxidation sites excluding steroid dienone is 2. The Morgan fingerprint density at radius 3 is 2.64 bits per heavy atom. The average molecular weight is 297 g/mol. The third-order valence-electron chi connectivity index (χ3n) is 4.11. The van der Waals surface area contributed by atoms with Crippen LogP contribution in [0.25, 0.3) is 5.57 Å². The minimum atomic E-state index is -3.83. The molecular weight excluding hydrogens is 283 g/mol. The fraction of sp³-hybridized carbons (Fsp3) is 0.125. The van der Waals surface area contributed by atoms with E-state index in [1.54, 1.807) is 24.3 Å². The van der Waals surface area contributed by atoms with Crippen LogP contribution in [0.2, 0.25) is 0 Å². The first-order valence-corrected chi connectivity index (χ1v) is 7.18. The van der Waals surface area contributed by atoms with Crippen molar-refractivity contribution in [2.24, 2.45) is 0 Å². The highest BCUT2D eigenvalue weighted by Gasteiger charge is 2.51. The highest BCUT2D eigenvalue weighted by Crippen LogP contribution is 2.38. The number of aromatic nitrogens is 2. The van der Waals surface area contributed by atoms with Crippen molar-refractivity contribution in [1.82, 2.24) is 9.46 Å². The molecule has 4 heterocycles. The zero-order chi connectivity index (χ0) is 15.5. The maximum absolute atomic E-state index is 14.7. The standard InChI is InChI=1S/C16H14BF2N3/c1-11-9-13(10-12(2)20-11)16-14-5-3-7-21(14)17(18,19)22-8-4-6-15(16)22/h3-10H,1-2H3. The van der Waals surface area contributed by atoms with E-state index in [0.717, 1.165) is 31.5 Å². The number of halogens is 2. The molecule has 2 aliphatic rings. The average Bonchev–Trinajstić information content (AvgIpc) is 3.06. The summed E-state index contributed by atoms with van der Waals surface area (Å²) in [7, 11) is 0. The molecule has 4 rings (SSSR count). The second kappa shape index (κ2) is 4.26. The van der Waals surface area contributed by atoms with Gasteiger partial charge in [0.1, 0.15) is 6.21 Å². The molecule has 0 N–H and O–H groups in total. The molecule has 0 radical (unpaired) electrons. The van der Waals surface area contributed by atoms with Crippen LogP contribution in [0.3, 0.4) is 0 Å². The second-order valence-electron chi connectivity index (χ2n) is 5.70. The summed E-state index contributed by atoms with van der Waals surface area (Å²) in [4.78, 5) is 4.37. The maximum atomic E-state index is 14.7. The first kappa shape index (κ1) is 13.2. The molecule has 0 saturated heterocycles. The van der Waals surface area contributed by atoms with Gasteiger partial charge >= 0.3 is 6.97 Å². The van der Waals surface area contributed by atoms with Gasteiger partial charge in [-0.15, -0.1) is 0 Å². The molecule has 0 atom stereocenters. The lowest BCUT2D eigenvalue weighted by Crippen LogP contribution is -2.49. The summed E-state index contributed by atoms with van der Waals surface area (Å²) in [5.41, 5.74) is 4.57. The molecular formula is C16H14BF2N3. The van der Waals surface area contributed by atoms with Gasteiger partial charge in [0, 0.05) is 29.2 Å². The first-order chi connectivity index (χ1) is 10.5. The smallest absolute Gasteiger partial charge is 0.396 e. The Morgan fingerprint density at radius 2 is 1.91 bits per heavy atom. The van der Waals surface area contributed by atoms with Crippen LogP contribution < -0.4 is 0 Å². The Balaban J connectivity index is 2.06. The van der Waals surface area contributed by atoms with Gasteiger partial charge in [0.25, 0.3) is 0 Å². The zero-order valence-corrected chi connectivity index (χ0v) is 12.3. The molecule has 0 aromatic carbocycles. The lowest BCUT2D eigenvalue weighted by atomic mass is 9.86. The van der Waals surface area contributed by atoms with Crippen LogP contribution in [-0.2, 0) is 0 Å². The quantitative estimate of drug-likeness (QED) is 0.741. The fourth-order valence-corrected chi connectivity index (χ4v) is 3.29. The summed E-state index contributed by atoms with van der Waals surface area (Å²) in [5.74, 6) is 0. The molecule has 0 saturated carbocycles. The van der Waals surface area contributed by atoms with Crippen LogP contribution in [0.5, 0.6) is 0 Å². The van der Waals surface area contributed by atoms with Gasteiger partial charge in [-0.3, -0.25) is 4.98 Å². The second-order valence-corrected chi connectivity index (χ2v) is 5.70. The summed E-state index contributed by atoms with van der Waals surface area (Å²) in [6, 6.07) is 7.28. The molecule has 6 heteroatoms. The van der Waals surface area contributed by atoms with Crippen LogP contribution in [0.1, 0.15) is 22.6 Å². The monoisotopic (exact) mass is 297 g/mol. The van der Waals surface area contributed by atoms with Crippen molar-refractivity contribution in [2.45, 2.75) is 13.8 Å². The number of aryl methyl sites for hydroxylation is 2. The van der Waals surface area contributed by atoms with Gasteiger partial charge in [-0.05, 0) is 49.9 Å².